The van der Waals surface area contributed by atoms with Crippen LogP contribution < -0.4 is 0 Å². The van der Waals surface area contributed by atoms with E-state index in [1.54, 1.807) is 0 Å². The molecule has 0 aliphatic carbocycles. The summed E-state index contributed by atoms with van der Waals surface area (Å²) in [6.07, 6.45) is 1.90. The maximum atomic E-state index is 10.7. The van der Waals surface area contributed by atoms with Crippen LogP contribution in [-0.4, -0.2) is 25.7 Å². The van der Waals surface area contributed by atoms with E-state index >= 15 is 0 Å². The third kappa shape index (κ3) is 2.37. The Morgan fingerprint density at radius 1 is 1.70 bits per heavy atom. The molecule has 0 aromatic heterocycles. The van der Waals surface area contributed by atoms with Gasteiger partial charge >= 0.3 is 0 Å². The summed E-state index contributed by atoms with van der Waals surface area (Å²) in [5, 5.41) is 4.03. The van der Waals surface area contributed by atoms with Crippen LogP contribution in [0, 0.1) is 0 Å². The molecule has 1 unspecified atom stereocenters. The van der Waals surface area contributed by atoms with Crippen LogP contribution in [0.25, 0.3) is 5.32 Å². The first-order valence-electron chi connectivity index (χ1n) is 3.09. The van der Waals surface area contributed by atoms with Gasteiger partial charge in [-0.25, -0.2) is 0 Å². The molecule has 1 saturated heterocycles. The van der Waals surface area contributed by atoms with Gasteiger partial charge in [0.15, 0.2) is 0 Å². The second-order valence-corrected chi connectivity index (χ2v) is 2.09. The largest absolute Gasteiger partial charge is 0.650 e. The number of nitrogens with zero attached hydrogens (tertiary/aromatic N) is 1. The molecule has 10 heavy (non-hydrogen) atoms. The molecule has 0 spiro atoms. The van der Waals surface area contributed by atoms with Gasteiger partial charge in [-0.2, -0.15) is 0 Å². The zero-order valence-electron chi connectivity index (χ0n) is 5.80. The maximum absolute atomic E-state index is 10.7. The number of methoxy groups -OCH3 is 1. The zero-order chi connectivity index (χ0) is 6.69. The summed E-state index contributed by atoms with van der Waals surface area (Å²) in [7, 11) is 1.40. The first kappa shape index (κ1) is 10.1. The Hall–Kier alpha value is 0.0794. The van der Waals surface area contributed by atoms with Crippen molar-refractivity contribution in [3.8, 4) is 0 Å². The van der Waals surface area contributed by atoms with Crippen molar-refractivity contribution in [2.24, 2.45) is 0 Å². The van der Waals surface area contributed by atoms with Gasteiger partial charge in [0.25, 0.3) is 5.97 Å². The molecule has 1 atom stereocenters. The van der Waals surface area contributed by atoms with Crippen molar-refractivity contribution in [1.29, 1.82) is 0 Å². The van der Waals surface area contributed by atoms with Crippen molar-refractivity contribution in [3.63, 3.8) is 0 Å². The Morgan fingerprint density at radius 2 is 2.40 bits per heavy atom. The van der Waals surface area contributed by atoms with E-state index in [-0.39, 0.29) is 32.1 Å². The Morgan fingerprint density at radius 3 is 2.80 bits per heavy atom. The molecular weight excluding hydrogens is 310 g/mol. The van der Waals surface area contributed by atoms with Crippen LogP contribution in [-0.2, 0) is 29.6 Å². The molecule has 0 bridgehead atoms. The van der Waals surface area contributed by atoms with Gasteiger partial charge in [-0.3, -0.25) is 4.79 Å². The minimum Gasteiger partial charge on any atom is -0.650 e. The van der Waals surface area contributed by atoms with Crippen molar-refractivity contribution < 1.29 is 29.6 Å². The summed E-state index contributed by atoms with van der Waals surface area (Å²) in [6, 6.07) is -0.157. The van der Waals surface area contributed by atoms with Gasteiger partial charge in [-0.05, 0) is 6.04 Å². The Bertz CT molecular complexity index is 112. The van der Waals surface area contributed by atoms with Crippen molar-refractivity contribution in [2.75, 3.05) is 13.7 Å². The molecule has 3 nitrogen and oxygen atoms in total. The predicted molar refractivity (Wildman–Crippen MR) is 33.3 cm³/mol. The molecule has 1 aliphatic heterocycles. The second-order valence-electron chi connectivity index (χ2n) is 2.09. The van der Waals surface area contributed by atoms with Gasteiger partial charge in [0, 0.05) is 20.1 Å². The van der Waals surface area contributed by atoms with Gasteiger partial charge in [0.05, 0.1) is 7.11 Å². The Labute approximate surface area is 73.9 Å². The van der Waals surface area contributed by atoms with Gasteiger partial charge in [-0.1, -0.05) is 12.8 Å². The second kappa shape index (κ2) is 4.83. The number of carbonyl (C=O) groups excluding carboxylic acids is 1. The zero-order valence-corrected chi connectivity index (χ0v) is 8.19. The number of hydrogen-bond donors (Lipinski definition) is 0. The van der Waals surface area contributed by atoms with E-state index in [1.165, 1.54) is 7.11 Å². The van der Waals surface area contributed by atoms with Crippen LogP contribution in [0.4, 0.5) is 0 Å². The fraction of sp³-hybridized carbons (Fsp3) is 0.833. The van der Waals surface area contributed by atoms with Crippen molar-refractivity contribution in [1.82, 2.24) is 0 Å². The molecule has 1 radical (unpaired) electrons. The van der Waals surface area contributed by atoms with E-state index in [0.717, 1.165) is 19.4 Å². The molecule has 0 aromatic carbocycles. The molecule has 61 valence electrons. The average Bonchev–Trinajstić information content (AvgIpc) is 2.37. The predicted octanol–water partition coefficient (Wildman–Crippen LogP) is 0.693. The van der Waals surface area contributed by atoms with E-state index in [4.69, 9.17) is 0 Å². The van der Waals surface area contributed by atoms with Crippen molar-refractivity contribution >= 4 is 5.97 Å². The van der Waals surface area contributed by atoms with E-state index < -0.39 is 0 Å². The van der Waals surface area contributed by atoms with Gasteiger partial charge in [0.1, 0.15) is 0 Å². The summed E-state index contributed by atoms with van der Waals surface area (Å²) >= 11 is 0. The Kier molecular flexibility index (Phi) is 4.87. The first-order valence-corrected chi connectivity index (χ1v) is 3.09. The maximum Gasteiger partial charge on any atom is 0.287 e. The first-order chi connectivity index (χ1) is 4.34. The summed E-state index contributed by atoms with van der Waals surface area (Å²) in [4.78, 5) is 10.7. The fourth-order valence-corrected chi connectivity index (χ4v) is 0.951. The summed E-state index contributed by atoms with van der Waals surface area (Å²) in [6.45, 7) is 0.819. The Balaban J connectivity index is 0.000000810. The van der Waals surface area contributed by atoms with Crippen LogP contribution in [0.3, 0.4) is 0 Å². The topological polar surface area (TPSA) is 40.4 Å². The minimum atomic E-state index is -0.187. The van der Waals surface area contributed by atoms with Crippen LogP contribution in [0.15, 0.2) is 0 Å². The van der Waals surface area contributed by atoms with Crippen LogP contribution in [0.1, 0.15) is 12.8 Å². The van der Waals surface area contributed by atoms with Gasteiger partial charge in [-0.15, -0.1) is 6.54 Å². The van der Waals surface area contributed by atoms with Crippen LogP contribution in [0.5, 0.6) is 0 Å². The van der Waals surface area contributed by atoms with Gasteiger partial charge < -0.3 is 10.1 Å². The van der Waals surface area contributed by atoms with Crippen molar-refractivity contribution in [3.05, 3.63) is 5.32 Å². The normalized spacial score (nSPS) is 23.5. The smallest absolute Gasteiger partial charge is 0.287 e. The average molecular weight is 320 g/mol. The molecule has 0 N–H and O–H groups in total. The number of rotatable bonds is 1. The SMILES string of the molecule is COC(=O)C1CCC[N-]1.[Ir]. The number of carbonyl (C=O) groups is 1. The molecule has 1 heterocycles. The van der Waals surface area contributed by atoms with E-state index in [1.807, 2.05) is 0 Å². The fourth-order valence-electron chi connectivity index (χ4n) is 0.951. The van der Waals surface area contributed by atoms with Crippen LogP contribution in [0.2, 0.25) is 0 Å². The van der Waals surface area contributed by atoms with Crippen LogP contribution >= 0.6 is 0 Å². The van der Waals surface area contributed by atoms with Crippen molar-refractivity contribution in [2.45, 2.75) is 18.9 Å². The molecular formula is C6H10IrNO2-. The number of ether oxygens (including phenoxy) is 1. The quantitative estimate of drug-likeness (QED) is 0.667. The monoisotopic (exact) mass is 321 g/mol. The minimum absolute atomic E-state index is 0. The molecule has 0 aromatic rings. The summed E-state index contributed by atoms with van der Waals surface area (Å²) < 4.78 is 4.50. The van der Waals surface area contributed by atoms with E-state index in [9.17, 15) is 4.79 Å². The van der Waals surface area contributed by atoms with E-state index in [0.29, 0.717) is 0 Å². The molecule has 1 aliphatic rings. The van der Waals surface area contributed by atoms with E-state index in [2.05, 4.69) is 10.1 Å². The molecule has 1 rings (SSSR count). The molecule has 0 saturated carbocycles. The third-order valence-corrected chi connectivity index (χ3v) is 1.46. The standard InChI is InChI=1S/C6H10NO2.Ir/c1-9-6(8)5-3-2-4-7-5;/h5H,2-4H2,1H3;/q-1;. The third-order valence-electron chi connectivity index (χ3n) is 1.46. The summed E-state index contributed by atoms with van der Waals surface area (Å²) in [5.41, 5.74) is 0. The molecule has 0 amide bonds. The number of hydrogen-bond acceptors (Lipinski definition) is 2. The summed E-state index contributed by atoms with van der Waals surface area (Å²) in [5.74, 6) is -0.187. The molecule has 4 heteroatoms. The van der Waals surface area contributed by atoms with Gasteiger partial charge in [0.2, 0.25) is 0 Å². The number of esters is 1. The molecule has 1 fully saturated rings.